The van der Waals surface area contributed by atoms with E-state index in [0.717, 1.165) is 37.5 Å². The van der Waals surface area contributed by atoms with E-state index in [1.807, 2.05) is 0 Å². The Morgan fingerprint density at radius 3 is 2.30 bits per heavy atom. The fourth-order valence-electron chi connectivity index (χ4n) is 2.78. The summed E-state index contributed by atoms with van der Waals surface area (Å²) in [7, 11) is -3.50. The number of benzene rings is 1. The minimum absolute atomic E-state index is 0.228. The van der Waals surface area contributed by atoms with Crippen LogP contribution >= 0.6 is 0 Å². The number of hydrogen-bond acceptors (Lipinski definition) is 4. The molecule has 0 spiro atoms. The van der Waals surface area contributed by atoms with Gasteiger partial charge in [-0.3, -0.25) is 4.18 Å². The van der Waals surface area contributed by atoms with Crippen molar-refractivity contribution in [3.05, 3.63) is 35.4 Å². The molecule has 0 aromatic heterocycles. The van der Waals surface area contributed by atoms with Crippen LogP contribution in [0.1, 0.15) is 49.3 Å². The van der Waals surface area contributed by atoms with E-state index in [1.165, 1.54) is 6.42 Å². The van der Waals surface area contributed by atoms with Crippen molar-refractivity contribution in [2.24, 2.45) is 5.92 Å². The molecule has 0 radical (unpaired) electrons. The van der Waals surface area contributed by atoms with Crippen molar-refractivity contribution in [1.29, 1.82) is 5.26 Å². The molecule has 1 saturated carbocycles. The van der Waals surface area contributed by atoms with Crippen LogP contribution in [0.4, 0.5) is 0 Å². The van der Waals surface area contributed by atoms with Crippen LogP contribution < -0.4 is 0 Å². The second kappa shape index (κ2) is 6.38. The molecule has 4 nitrogen and oxygen atoms in total. The summed E-state index contributed by atoms with van der Waals surface area (Å²) in [4.78, 5) is 0. The standard InChI is InChI=1S/C15H19NO3S/c1-20(17,18)19-15(13-5-3-2-4-6-13)14-9-7-12(11-16)8-10-14/h7-10,13,15H,2-6H2,1H3. The van der Waals surface area contributed by atoms with E-state index in [0.29, 0.717) is 5.56 Å². The van der Waals surface area contributed by atoms with E-state index in [2.05, 4.69) is 6.07 Å². The molecule has 5 heteroatoms. The van der Waals surface area contributed by atoms with E-state index >= 15 is 0 Å². The van der Waals surface area contributed by atoms with E-state index in [9.17, 15) is 8.42 Å². The molecule has 0 amide bonds. The molecule has 0 saturated heterocycles. The second-order valence-electron chi connectivity index (χ2n) is 5.35. The van der Waals surface area contributed by atoms with Crippen LogP contribution in [0.15, 0.2) is 24.3 Å². The van der Waals surface area contributed by atoms with Gasteiger partial charge in [-0.15, -0.1) is 0 Å². The summed E-state index contributed by atoms with van der Waals surface area (Å²) < 4.78 is 28.3. The molecular weight excluding hydrogens is 274 g/mol. The predicted molar refractivity (Wildman–Crippen MR) is 76.4 cm³/mol. The molecule has 0 aliphatic heterocycles. The third-order valence-corrected chi connectivity index (χ3v) is 4.28. The monoisotopic (exact) mass is 293 g/mol. The van der Waals surface area contributed by atoms with Gasteiger partial charge in [-0.2, -0.15) is 13.7 Å². The van der Waals surface area contributed by atoms with Gasteiger partial charge in [0.25, 0.3) is 10.1 Å². The minimum atomic E-state index is -3.50. The molecule has 1 atom stereocenters. The zero-order valence-electron chi connectivity index (χ0n) is 11.6. The molecule has 20 heavy (non-hydrogen) atoms. The van der Waals surface area contributed by atoms with Gasteiger partial charge >= 0.3 is 0 Å². The van der Waals surface area contributed by atoms with Crippen molar-refractivity contribution in [3.63, 3.8) is 0 Å². The molecule has 0 heterocycles. The van der Waals surface area contributed by atoms with Crippen molar-refractivity contribution in [1.82, 2.24) is 0 Å². The fraction of sp³-hybridized carbons (Fsp3) is 0.533. The maximum atomic E-state index is 11.5. The molecule has 1 fully saturated rings. The van der Waals surface area contributed by atoms with Gasteiger partial charge in [0.05, 0.1) is 17.9 Å². The van der Waals surface area contributed by atoms with E-state index in [-0.39, 0.29) is 5.92 Å². The first-order valence-corrected chi connectivity index (χ1v) is 8.69. The van der Waals surface area contributed by atoms with Crippen LogP contribution in [0.25, 0.3) is 0 Å². The summed E-state index contributed by atoms with van der Waals surface area (Å²) in [6.07, 6.45) is 6.07. The Kier molecular flexibility index (Phi) is 4.79. The van der Waals surface area contributed by atoms with Crippen LogP contribution in [0.2, 0.25) is 0 Å². The van der Waals surface area contributed by atoms with E-state index in [4.69, 9.17) is 9.44 Å². The first kappa shape index (κ1) is 15.0. The highest BCUT2D eigenvalue weighted by molar-refractivity contribution is 7.86. The lowest BCUT2D eigenvalue weighted by Gasteiger charge is -2.29. The Morgan fingerprint density at radius 1 is 1.20 bits per heavy atom. The van der Waals surface area contributed by atoms with Crippen LogP contribution in [0.3, 0.4) is 0 Å². The topological polar surface area (TPSA) is 67.2 Å². The first-order chi connectivity index (χ1) is 9.49. The molecule has 108 valence electrons. The van der Waals surface area contributed by atoms with Gasteiger partial charge < -0.3 is 0 Å². The summed E-state index contributed by atoms with van der Waals surface area (Å²) in [6.45, 7) is 0. The number of nitriles is 1. The van der Waals surface area contributed by atoms with Gasteiger partial charge in [0.1, 0.15) is 6.10 Å². The lowest BCUT2D eigenvalue weighted by atomic mass is 9.82. The molecule has 1 unspecified atom stereocenters. The Balaban J connectivity index is 2.26. The molecule has 1 aliphatic carbocycles. The van der Waals surface area contributed by atoms with Crippen LogP contribution in [-0.4, -0.2) is 14.7 Å². The Bertz CT molecular complexity index is 581. The zero-order chi connectivity index (χ0) is 14.6. The SMILES string of the molecule is CS(=O)(=O)OC(c1ccc(C#N)cc1)C1CCCCC1. The average molecular weight is 293 g/mol. The van der Waals surface area contributed by atoms with Gasteiger partial charge in [-0.05, 0) is 36.5 Å². The lowest BCUT2D eigenvalue weighted by molar-refractivity contribution is 0.116. The van der Waals surface area contributed by atoms with Crippen molar-refractivity contribution in [3.8, 4) is 6.07 Å². The minimum Gasteiger partial charge on any atom is -0.262 e. The molecule has 1 aliphatic rings. The molecule has 1 aromatic rings. The summed E-state index contributed by atoms with van der Waals surface area (Å²) in [5, 5.41) is 8.83. The maximum absolute atomic E-state index is 11.5. The Morgan fingerprint density at radius 2 is 1.80 bits per heavy atom. The molecule has 1 aromatic carbocycles. The van der Waals surface area contributed by atoms with E-state index in [1.54, 1.807) is 24.3 Å². The van der Waals surface area contributed by atoms with Crippen LogP contribution in [-0.2, 0) is 14.3 Å². The van der Waals surface area contributed by atoms with Crippen molar-refractivity contribution < 1.29 is 12.6 Å². The van der Waals surface area contributed by atoms with Gasteiger partial charge in [-0.1, -0.05) is 31.4 Å². The smallest absolute Gasteiger partial charge is 0.262 e. The van der Waals surface area contributed by atoms with Gasteiger partial charge in [0.15, 0.2) is 0 Å². The largest absolute Gasteiger partial charge is 0.264 e. The summed E-state index contributed by atoms with van der Waals surface area (Å²) in [5.41, 5.74) is 1.40. The normalized spacial score (nSPS) is 18.4. The summed E-state index contributed by atoms with van der Waals surface area (Å²) in [5.74, 6) is 0.228. The van der Waals surface area contributed by atoms with Crippen LogP contribution in [0, 0.1) is 17.2 Å². The van der Waals surface area contributed by atoms with Crippen molar-refractivity contribution >= 4 is 10.1 Å². The third kappa shape index (κ3) is 4.06. The van der Waals surface area contributed by atoms with E-state index < -0.39 is 16.2 Å². The highest BCUT2D eigenvalue weighted by atomic mass is 32.2. The molecule has 2 rings (SSSR count). The molecular formula is C15H19NO3S. The molecule has 0 N–H and O–H groups in total. The fourth-order valence-corrected chi connectivity index (χ4v) is 3.42. The van der Waals surface area contributed by atoms with Crippen molar-refractivity contribution in [2.75, 3.05) is 6.26 Å². The Hall–Kier alpha value is -1.38. The third-order valence-electron chi connectivity index (χ3n) is 3.72. The highest BCUT2D eigenvalue weighted by Crippen LogP contribution is 2.37. The molecule has 0 bridgehead atoms. The lowest BCUT2D eigenvalue weighted by Crippen LogP contribution is -2.21. The zero-order valence-corrected chi connectivity index (χ0v) is 12.4. The summed E-state index contributed by atoms with van der Waals surface area (Å²) in [6, 6.07) is 9.06. The quantitative estimate of drug-likeness (QED) is 0.800. The number of nitrogens with zero attached hydrogens (tertiary/aromatic N) is 1. The predicted octanol–water partition coefficient (Wildman–Crippen LogP) is 3.16. The number of hydrogen-bond donors (Lipinski definition) is 0. The first-order valence-electron chi connectivity index (χ1n) is 6.88. The second-order valence-corrected chi connectivity index (χ2v) is 6.95. The van der Waals surface area contributed by atoms with Crippen molar-refractivity contribution in [2.45, 2.75) is 38.2 Å². The summed E-state index contributed by atoms with van der Waals surface area (Å²) >= 11 is 0. The van der Waals surface area contributed by atoms with Crippen LogP contribution in [0.5, 0.6) is 0 Å². The number of rotatable bonds is 4. The Labute approximate surface area is 120 Å². The van der Waals surface area contributed by atoms with Gasteiger partial charge in [-0.25, -0.2) is 0 Å². The highest BCUT2D eigenvalue weighted by Gasteiger charge is 2.28. The van der Waals surface area contributed by atoms with Gasteiger partial charge in [0, 0.05) is 0 Å². The average Bonchev–Trinajstić information content (AvgIpc) is 2.45. The van der Waals surface area contributed by atoms with Gasteiger partial charge in [0.2, 0.25) is 0 Å². The maximum Gasteiger partial charge on any atom is 0.264 e.